The van der Waals surface area contributed by atoms with E-state index in [0.29, 0.717) is 6.04 Å². The van der Waals surface area contributed by atoms with Crippen molar-refractivity contribution in [2.24, 2.45) is 5.92 Å². The molecule has 0 bridgehead atoms. The molecule has 0 unspecified atom stereocenters. The molecule has 1 N–H and O–H groups in total. The van der Waals surface area contributed by atoms with Crippen molar-refractivity contribution >= 4 is 0 Å². The number of nitrogens with zero attached hydrogens (tertiary/aromatic N) is 1. The van der Waals surface area contributed by atoms with E-state index in [9.17, 15) is 5.11 Å². The van der Waals surface area contributed by atoms with Gasteiger partial charge in [0.15, 0.2) is 0 Å². The first-order chi connectivity index (χ1) is 8.22. The van der Waals surface area contributed by atoms with Crippen LogP contribution in [0.3, 0.4) is 0 Å². The van der Waals surface area contributed by atoms with Gasteiger partial charge in [0.05, 0.1) is 12.6 Å². The molecule has 1 heterocycles. The molecular weight excluding hydrogens is 210 g/mol. The van der Waals surface area contributed by atoms with Crippen LogP contribution in [0.4, 0.5) is 0 Å². The summed E-state index contributed by atoms with van der Waals surface area (Å²) in [6.07, 6.45) is 2.55. The van der Waals surface area contributed by atoms with Crippen LogP contribution in [0, 0.1) is 5.92 Å². The number of rotatable bonds is 3. The molecule has 0 aromatic heterocycles. The first kappa shape index (κ1) is 12.6. The normalized spacial score (nSPS) is 27.9. The minimum Gasteiger partial charge on any atom is -0.394 e. The molecule has 0 radical (unpaired) electrons. The highest BCUT2D eigenvalue weighted by Crippen LogP contribution is 2.30. The Morgan fingerprint density at radius 1 is 1.24 bits per heavy atom. The van der Waals surface area contributed by atoms with Gasteiger partial charge in [-0.25, -0.2) is 0 Å². The highest BCUT2D eigenvalue weighted by molar-refractivity contribution is 5.19. The molecule has 1 fully saturated rings. The molecule has 1 aliphatic heterocycles. The number of piperidine rings is 1. The van der Waals surface area contributed by atoms with E-state index in [1.807, 2.05) is 6.07 Å². The summed E-state index contributed by atoms with van der Waals surface area (Å²) in [7, 11) is 0. The van der Waals surface area contributed by atoms with Crippen LogP contribution in [-0.2, 0) is 0 Å². The quantitative estimate of drug-likeness (QED) is 0.867. The van der Waals surface area contributed by atoms with E-state index >= 15 is 0 Å². The number of hydrogen-bond donors (Lipinski definition) is 1. The van der Waals surface area contributed by atoms with Gasteiger partial charge in [0.25, 0.3) is 0 Å². The Hall–Kier alpha value is -0.860. The highest BCUT2D eigenvalue weighted by atomic mass is 16.3. The van der Waals surface area contributed by atoms with Gasteiger partial charge in [0, 0.05) is 12.6 Å². The third kappa shape index (κ3) is 2.88. The second kappa shape index (κ2) is 5.65. The van der Waals surface area contributed by atoms with Crippen molar-refractivity contribution in [1.82, 2.24) is 4.90 Å². The van der Waals surface area contributed by atoms with Crippen LogP contribution >= 0.6 is 0 Å². The van der Waals surface area contributed by atoms with E-state index in [1.54, 1.807) is 0 Å². The van der Waals surface area contributed by atoms with Crippen LogP contribution in [0.1, 0.15) is 38.3 Å². The van der Waals surface area contributed by atoms with E-state index in [2.05, 4.69) is 43.0 Å². The second-order valence-electron chi connectivity index (χ2n) is 5.34. The monoisotopic (exact) mass is 233 g/mol. The summed E-state index contributed by atoms with van der Waals surface area (Å²) < 4.78 is 0. The molecule has 2 heteroatoms. The Balaban J connectivity index is 2.17. The van der Waals surface area contributed by atoms with Gasteiger partial charge in [0.2, 0.25) is 0 Å². The summed E-state index contributed by atoms with van der Waals surface area (Å²) in [5.41, 5.74) is 1.23. The smallest absolute Gasteiger partial charge is 0.0628 e. The van der Waals surface area contributed by atoms with Crippen LogP contribution in [0.5, 0.6) is 0 Å². The molecule has 1 aromatic rings. The fraction of sp³-hybridized carbons (Fsp3) is 0.600. The molecular formula is C15H23NO. The molecule has 17 heavy (non-hydrogen) atoms. The lowest BCUT2D eigenvalue weighted by Crippen LogP contribution is -2.44. The molecule has 0 saturated carbocycles. The molecule has 2 nitrogen and oxygen atoms in total. The molecule has 0 aliphatic carbocycles. The number of likely N-dealkylation sites (tertiary alicyclic amines) is 1. The van der Waals surface area contributed by atoms with Gasteiger partial charge in [-0.05, 0) is 31.2 Å². The Labute approximate surface area is 104 Å². The van der Waals surface area contributed by atoms with Crippen LogP contribution in [0.15, 0.2) is 30.3 Å². The fourth-order valence-corrected chi connectivity index (χ4v) is 2.83. The average molecular weight is 233 g/mol. The lowest BCUT2D eigenvalue weighted by Gasteiger charge is -2.41. The van der Waals surface area contributed by atoms with E-state index in [4.69, 9.17) is 0 Å². The maximum atomic E-state index is 9.69. The number of aliphatic hydroxyl groups excluding tert-OH is 1. The lowest BCUT2D eigenvalue weighted by molar-refractivity contribution is 0.0440. The van der Waals surface area contributed by atoms with E-state index < -0.39 is 0 Å². The predicted molar refractivity (Wildman–Crippen MR) is 70.8 cm³/mol. The summed E-state index contributed by atoms with van der Waals surface area (Å²) in [5.74, 6) is 0.740. The molecule has 1 saturated heterocycles. The summed E-state index contributed by atoms with van der Waals surface area (Å²) in [6, 6.07) is 11.1. The topological polar surface area (TPSA) is 23.5 Å². The SMILES string of the molecule is C[C@H]1CC[C@H](C)N([C@@H](CO)c2ccccc2)C1. The molecule has 1 aromatic carbocycles. The van der Waals surface area contributed by atoms with Crippen molar-refractivity contribution < 1.29 is 5.11 Å². The maximum Gasteiger partial charge on any atom is 0.0628 e. The minimum absolute atomic E-state index is 0.161. The van der Waals surface area contributed by atoms with Crippen molar-refractivity contribution in [3.05, 3.63) is 35.9 Å². The molecule has 2 rings (SSSR count). The van der Waals surface area contributed by atoms with Gasteiger partial charge in [-0.3, -0.25) is 4.90 Å². The zero-order valence-electron chi connectivity index (χ0n) is 10.8. The summed E-state index contributed by atoms with van der Waals surface area (Å²) in [5, 5.41) is 9.69. The van der Waals surface area contributed by atoms with Crippen LogP contribution < -0.4 is 0 Å². The van der Waals surface area contributed by atoms with Gasteiger partial charge in [-0.15, -0.1) is 0 Å². The van der Waals surface area contributed by atoms with Gasteiger partial charge in [0.1, 0.15) is 0 Å². The average Bonchev–Trinajstić information content (AvgIpc) is 2.36. The Morgan fingerprint density at radius 3 is 2.59 bits per heavy atom. The lowest BCUT2D eigenvalue weighted by atomic mass is 9.92. The van der Waals surface area contributed by atoms with Crippen molar-refractivity contribution in [2.45, 2.75) is 38.8 Å². The van der Waals surface area contributed by atoms with Gasteiger partial charge in [-0.2, -0.15) is 0 Å². The summed E-state index contributed by atoms with van der Waals surface area (Å²) in [4.78, 5) is 2.46. The first-order valence-corrected chi connectivity index (χ1v) is 6.64. The first-order valence-electron chi connectivity index (χ1n) is 6.64. The van der Waals surface area contributed by atoms with Crippen molar-refractivity contribution in [3.8, 4) is 0 Å². The third-order valence-electron chi connectivity index (χ3n) is 3.92. The van der Waals surface area contributed by atoms with Crippen LogP contribution in [0.2, 0.25) is 0 Å². The molecule has 0 amide bonds. The predicted octanol–water partition coefficient (Wildman–Crippen LogP) is 2.84. The third-order valence-corrected chi connectivity index (χ3v) is 3.92. The van der Waals surface area contributed by atoms with E-state index in [1.165, 1.54) is 18.4 Å². The molecule has 94 valence electrons. The minimum atomic E-state index is 0.161. The zero-order valence-corrected chi connectivity index (χ0v) is 10.8. The second-order valence-corrected chi connectivity index (χ2v) is 5.34. The van der Waals surface area contributed by atoms with Crippen LogP contribution in [0.25, 0.3) is 0 Å². The Morgan fingerprint density at radius 2 is 1.94 bits per heavy atom. The molecule has 1 aliphatic rings. The van der Waals surface area contributed by atoms with E-state index in [-0.39, 0.29) is 12.6 Å². The van der Waals surface area contributed by atoms with Crippen LogP contribution in [-0.4, -0.2) is 29.2 Å². The van der Waals surface area contributed by atoms with Gasteiger partial charge >= 0.3 is 0 Å². The maximum absolute atomic E-state index is 9.69. The van der Waals surface area contributed by atoms with Crippen molar-refractivity contribution in [2.75, 3.05) is 13.2 Å². The number of aliphatic hydroxyl groups is 1. The molecule has 3 atom stereocenters. The fourth-order valence-electron chi connectivity index (χ4n) is 2.83. The van der Waals surface area contributed by atoms with Gasteiger partial charge in [-0.1, -0.05) is 37.3 Å². The highest BCUT2D eigenvalue weighted by Gasteiger charge is 2.29. The molecule has 0 spiro atoms. The Kier molecular flexibility index (Phi) is 4.19. The Bertz CT molecular complexity index is 338. The largest absolute Gasteiger partial charge is 0.394 e. The van der Waals surface area contributed by atoms with Gasteiger partial charge < -0.3 is 5.11 Å². The summed E-state index contributed by atoms with van der Waals surface area (Å²) in [6.45, 7) is 5.89. The van der Waals surface area contributed by atoms with Crippen molar-refractivity contribution in [3.63, 3.8) is 0 Å². The summed E-state index contributed by atoms with van der Waals surface area (Å²) >= 11 is 0. The number of benzene rings is 1. The van der Waals surface area contributed by atoms with E-state index in [0.717, 1.165) is 12.5 Å². The van der Waals surface area contributed by atoms with Crippen molar-refractivity contribution in [1.29, 1.82) is 0 Å². The zero-order chi connectivity index (χ0) is 12.3. The standard InChI is InChI=1S/C15H23NO/c1-12-8-9-13(2)16(10-12)15(11-17)14-6-4-3-5-7-14/h3-7,12-13,15,17H,8-11H2,1-2H3/t12-,13-,15-/m0/s1. The number of hydrogen-bond acceptors (Lipinski definition) is 2.